The molecule has 1 aliphatic heterocycles. The molecule has 0 bridgehead atoms. The molecule has 41 heavy (non-hydrogen) atoms. The van der Waals surface area contributed by atoms with Crippen molar-refractivity contribution in [1.82, 2.24) is 30.2 Å². The van der Waals surface area contributed by atoms with E-state index in [1.807, 2.05) is 42.5 Å². The van der Waals surface area contributed by atoms with Gasteiger partial charge in [0.2, 0.25) is 11.9 Å². The second-order valence-electron chi connectivity index (χ2n) is 9.52. The van der Waals surface area contributed by atoms with Crippen LogP contribution in [0.2, 0.25) is 0 Å². The number of imidazole rings is 1. The molecule has 3 heterocycles. The van der Waals surface area contributed by atoms with Gasteiger partial charge in [0.25, 0.3) is 11.5 Å². The van der Waals surface area contributed by atoms with E-state index in [-0.39, 0.29) is 30.1 Å². The Balaban J connectivity index is 1.32. The molecule has 0 unspecified atom stereocenters. The van der Waals surface area contributed by atoms with Gasteiger partial charge < -0.3 is 36.1 Å². The number of ether oxygens (including phenoxy) is 2. The second kappa shape index (κ2) is 11.8. The summed E-state index contributed by atoms with van der Waals surface area (Å²) in [6, 6.07) is 15.2. The van der Waals surface area contributed by atoms with E-state index < -0.39 is 48.0 Å². The van der Waals surface area contributed by atoms with Gasteiger partial charge in [-0.25, -0.2) is 4.98 Å². The number of carbonyl (C=O) groups excluding carboxylic acids is 2. The number of H-pyrrole nitrogens is 1. The Labute approximate surface area is 233 Å². The summed E-state index contributed by atoms with van der Waals surface area (Å²) in [5.74, 6) is -0.771. The molecule has 5 rings (SSSR count). The highest BCUT2D eigenvalue weighted by molar-refractivity contribution is 5.90. The van der Waals surface area contributed by atoms with Crippen molar-refractivity contribution in [2.75, 3.05) is 12.8 Å². The lowest BCUT2D eigenvalue weighted by atomic mass is 10.0. The normalized spacial score (nSPS) is 21.0. The molecule has 0 saturated carbocycles. The fourth-order valence-electron chi connectivity index (χ4n) is 4.60. The van der Waals surface area contributed by atoms with E-state index in [0.717, 1.165) is 11.1 Å². The summed E-state index contributed by atoms with van der Waals surface area (Å²) >= 11 is 0. The van der Waals surface area contributed by atoms with Crippen LogP contribution in [0, 0.1) is 0 Å². The van der Waals surface area contributed by atoms with Gasteiger partial charge in [-0.15, -0.1) is 0 Å². The Bertz CT molecular complexity index is 1590. The first kappa shape index (κ1) is 27.8. The van der Waals surface area contributed by atoms with Gasteiger partial charge in [-0.2, -0.15) is 4.98 Å². The van der Waals surface area contributed by atoms with E-state index >= 15 is 0 Å². The average molecular weight is 564 g/mol. The first-order chi connectivity index (χ1) is 19.7. The van der Waals surface area contributed by atoms with Crippen LogP contribution < -0.4 is 26.7 Å². The number of aromatic amines is 1. The number of nitrogen functional groups attached to an aromatic ring is 1. The van der Waals surface area contributed by atoms with E-state index in [1.165, 1.54) is 10.9 Å². The van der Waals surface area contributed by atoms with Gasteiger partial charge in [-0.1, -0.05) is 42.5 Å². The number of aliphatic hydroxyl groups excluding tert-OH is 2. The molecule has 0 spiro atoms. The fourth-order valence-corrected chi connectivity index (χ4v) is 4.60. The van der Waals surface area contributed by atoms with Crippen LogP contribution in [-0.4, -0.2) is 73.0 Å². The Morgan fingerprint density at radius 3 is 2.56 bits per heavy atom. The number of benzene rings is 2. The number of rotatable bonds is 9. The van der Waals surface area contributed by atoms with Crippen molar-refractivity contribution in [3.8, 4) is 5.75 Å². The summed E-state index contributed by atoms with van der Waals surface area (Å²) in [6.45, 7) is 0.205. The topological polar surface area (TPSA) is 207 Å². The maximum atomic E-state index is 13.3. The molecule has 14 nitrogen and oxygen atoms in total. The summed E-state index contributed by atoms with van der Waals surface area (Å²) in [5, 5.41) is 26.9. The van der Waals surface area contributed by atoms with Crippen LogP contribution in [0.4, 0.5) is 5.95 Å². The molecule has 1 fully saturated rings. The van der Waals surface area contributed by atoms with Crippen molar-refractivity contribution in [2.24, 2.45) is 0 Å². The zero-order valence-electron chi connectivity index (χ0n) is 21.9. The number of nitrogens with two attached hydrogens (primary N) is 1. The molecule has 1 saturated heterocycles. The lowest BCUT2D eigenvalue weighted by molar-refractivity contribution is -0.140. The zero-order chi connectivity index (χ0) is 29.1. The van der Waals surface area contributed by atoms with Crippen LogP contribution in [0.15, 0.2) is 65.7 Å². The molecule has 2 aromatic carbocycles. The minimum Gasteiger partial charge on any atom is -0.497 e. The second-order valence-corrected chi connectivity index (χ2v) is 9.52. The first-order valence-electron chi connectivity index (χ1n) is 12.7. The standard InChI is InChI=1S/C27H29N7O7/c1-40-16-9-7-15(8-10-16)12-29-23(37)17(11-14-5-3-2-4-6-14)31-25(39)21-19(35)20(36)26(41-21)34-13-30-18-22(34)32-27(28)33-24(18)38/h2-10,13,17,19-21,26,35-36H,11-12H2,1H3,(H,29,37)(H,31,39)(H3,28,32,33,38)/t17-,19+,20-,21+,26-/m1/s1. The third-order valence-corrected chi connectivity index (χ3v) is 6.76. The van der Waals surface area contributed by atoms with Gasteiger partial charge in [0.1, 0.15) is 24.0 Å². The third kappa shape index (κ3) is 5.89. The van der Waals surface area contributed by atoms with Crippen molar-refractivity contribution in [3.05, 3.63) is 82.4 Å². The number of amides is 2. The molecule has 0 radical (unpaired) electrons. The number of carbonyl (C=O) groups is 2. The first-order valence-corrected chi connectivity index (χ1v) is 12.7. The number of methoxy groups -OCH3 is 1. The molecule has 1 aliphatic rings. The van der Waals surface area contributed by atoms with Crippen LogP contribution in [0.3, 0.4) is 0 Å². The molecule has 14 heteroatoms. The van der Waals surface area contributed by atoms with Crippen molar-refractivity contribution >= 4 is 28.9 Å². The van der Waals surface area contributed by atoms with Gasteiger partial charge in [-0.05, 0) is 23.3 Å². The summed E-state index contributed by atoms with van der Waals surface area (Å²) in [7, 11) is 1.56. The summed E-state index contributed by atoms with van der Waals surface area (Å²) in [4.78, 5) is 49.0. The molecule has 7 N–H and O–H groups in total. The Morgan fingerprint density at radius 2 is 1.85 bits per heavy atom. The number of nitrogens with zero attached hydrogens (tertiary/aromatic N) is 3. The largest absolute Gasteiger partial charge is 0.497 e. The Hall–Kier alpha value is -4.79. The summed E-state index contributed by atoms with van der Waals surface area (Å²) in [5.41, 5.74) is 6.60. The molecular formula is C27H29N7O7. The predicted octanol–water partition coefficient (Wildman–Crippen LogP) is -0.626. The number of aliphatic hydroxyl groups is 2. The Morgan fingerprint density at radius 1 is 1.12 bits per heavy atom. The SMILES string of the molecule is COc1ccc(CNC(=O)[C@@H](Cc2ccccc2)NC(=O)[C@H]2O[C@@H](n3cnc4c(=O)[nH]c(N)nc43)[C@H](O)[C@@H]2O)cc1. The molecule has 214 valence electrons. The van der Waals surface area contributed by atoms with Crippen LogP contribution in [0.25, 0.3) is 11.2 Å². The summed E-state index contributed by atoms with van der Waals surface area (Å²) < 4.78 is 12.1. The molecule has 2 amide bonds. The zero-order valence-corrected chi connectivity index (χ0v) is 21.9. The van der Waals surface area contributed by atoms with Gasteiger partial charge in [-0.3, -0.25) is 23.9 Å². The number of nitrogens with one attached hydrogen (secondary N) is 3. The highest BCUT2D eigenvalue weighted by Crippen LogP contribution is 2.31. The van der Waals surface area contributed by atoms with E-state index in [0.29, 0.717) is 5.75 Å². The van der Waals surface area contributed by atoms with Gasteiger partial charge in [0.05, 0.1) is 13.4 Å². The van der Waals surface area contributed by atoms with Crippen LogP contribution >= 0.6 is 0 Å². The minimum absolute atomic E-state index is 0.00317. The quantitative estimate of drug-likeness (QED) is 0.152. The van der Waals surface area contributed by atoms with E-state index in [2.05, 4.69) is 25.6 Å². The van der Waals surface area contributed by atoms with Crippen LogP contribution in [0.1, 0.15) is 17.4 Å². The maximum absolute atomic E-state index is 13.3. The molecule has 2 aromatic heterocycles. The summed E-state index contributed by atoms with van der Waals surface area (Å²) in [6.07, 6.45) is -4.74. The number of hydrogen-bond acceptors (Lipinski definition) is 10. The van der Waals surface area contributed by atoms with E-state index in [1.54, 1.807) is 19.2 Å². The molecule has 5 atom stereocenters. The molecular weight excluding hydrogens is 534 g/mol. The van der Waals surface area contributed by atoms with E-state index in [9.17, 15) is 24.6 Å². The number of anilines is 1. The van der Waals surface area contributed by atoms with Crippen molar-refractivity contribution < 1.29 is 29.3 Å². The lowest BCUT2D eigenvalue weighted by Crippen LogP contribution is -2.52. The lowest BCUT2D eigenvalue weighted by Gasteiger charge is -2.22. The van der Waals surface area contributed by atoms with Crippen LogP contribution in [-0.2, 0) is 27.3 Å². The number of hydrogen-bond donors (Lipinski definition) is 6. The predicted molar refractivity (Wildman–Crippen MR) is 145 cm³/mol. The smallest absolute Gasteiger partial charge is 0.280 e. The third-order valence-electron chi connectivity index (χ3n) is 6.76. The molecule has 4 aromatic rings. The number of fused-ring (bicyclic) bond motifs is 1. The fraction of sp³-hybridized carbons (Fsp3) is 0.296. The van der Waals surface area contributed by atoms with Crippen molar-refractivity contribution in [1.29, 1.82) is 0 Å². The van der Waals surface area contributed by atoms with Gasteiger partial charge >= 0.3 is 0 Å². The van der Waals surface area contributed by atoms with E-state index in [4.69, 9.17) is 15.2 Å². The van der Waals surface area contributed by atoms with Crippen molar-refractivity contribution in [2.45, 2.75) is 43.5 Å². The monoisotopic (exact) mass is 563 g/mol. The molecule has 0 aliphatic carbocycles. The maximum Gasteiger partial charge on any atom is 0.280 e. The van der Waals surface area contributed by atoms with Gasteiger partial charge in [0.15, 0.2) is 23.5 Å². The van der Waals surface area contributed by atoms with Crippen LogP contribution in [0.5, 0.6) is 5.75 Å². The Kier molecular flexibility index (Phi) is 7.96. The highest BCUT2D eigenvalue weighted by Gasteiger charge is 2.48. The minimum atomic E-state index is -1.66. The number of aromatic nitrogens is 4. The average Bonchev–Trinajstić information content (AvgIpc) is 3.52. The van der Waals surface area contributed by atoms with Gasteiger partial charge in [0, 0.05) is 13.0 Å². The highest BCUT2D eigenvalue weighted by atomic mass is 16.6. The van der Waals surface area contributed by atoms with Crippen molar-refractivity contribution in [3.63, 3.8) is 0 Å².